The van der Waals surface area contributed by atoms with Crippen molar-refractivity contribution in [1.29, 1.82) is 0 Å². The maximum absolute atomic E-state index is 11.6. The average molecular weight is 275 g/mol. The molecule has 0 spiro atoms. The van der Waals surface area contributed by atoms with Crippen LogP contribution in [0, 0.1) is 6.92 Å². The van der Waals surface area contributed by atoms with Crippen molar-refractivity contribution in [3.05, 3.63) is 25.6 Å². The van der Waals surface area contributed by atoms with Gasteiger partial charge in [-0.25, -0.2) is 4.98 Å². The Morgan fingerprint density at radius 2 is 2.38 bits per heavy atom. The molecular weight excluding hydrogens is 268 g/mol. The van der Waals surface area contributed by atoms with Crippen LogP contribution in [0.1, 0.15) is 20.5 Å². The zero-order chi connectivity index (χ0) is 11.5. The largest absolute Gasteiger partial charge is 0.343 e. The first-order chi connectivity index (χ1) is 7.65. The van der Waals surface area contributed by atoms with Crippen molar-refractivity contribution in [2.24, 2.45) is 0 Å². The molecule has 5 nitrogen and oxygen atoms in total. The Bertz CT molecular complexity index is 510. The average Bonchev–Trinajstić information content (AvgIpc) is 2.84. The molecule has 1 amide bonds. The maximum atomic E-state index is 11.6. The van der Waals surface area contributed by atoms with E-state index >= 15 is 0 Å². The van der Waals surface area contributed by atoms with Crippen molar-refractivity contribution in [3.63, 3.8) is 0 Å². The SMILES string of the molecule is Cc1csc(CNC(=O)c2nnc(Cl)s2)n1. The van der Waals surface area contributed by atoms with Crippen molar-refractivity contribution >= 4 is 40.2 Å². The van der Waals surface area contributed by atoms with E-state index in [9.17, 15) is 4.79 Å². The van der Waals surface area contributed by atoms with Crippen molar-refractivity contribution in [3.8, 4) is 0 Å². The number of rotatable bonds is 3. The quantitative estimate of drug-likeness (QED) is 0.928. The second kappa shape index (κ2) is 4.86. The first kappa shape index (κ1) is 11.4. The van der Waals surface area contributed by atoms with Crippen LogP contribution in [0.5, 0.6) is 0 Å². The number of amides is 1. The van der Waals surface area contributed by atoms with E-state index in [1.54, 1.807) is 0 Å². The van der Waals surface area contributed by atoms with Gasteiger partial charge in [-0.2, -0.15) is 0 Å². The lowest BCUT2D eigenvalue weighted by Gasteiger charge is -1.98. The minimum atomic E-state index is -0.280. The lowest BCUT2D eigenvalue weighted by atomic mass is 10.5. The molecule has 0 aliphatic carbocycles. The number of nitrogens with one attached hydrogen (secondary N) is 1. The fourth-order valence-electron chi connectivity index (χ4n) is 1.01. The Balaban J connectivity index is 1.93. The maximum Gasteiger partial charge on any atom is 0.282 e. The summed E-state index contributed by atoms with van der Waals surface area (Å²) >= 11 is 8.14. The molecule has 16 heavy (non-hydrogen) atoms. The Labute approximate surface area is 105 Å². The topological polar surface area (TPSA) is 67.8 Å². The summed E-state index contributed by atoms with van der Waals surface area (Å²) in [5, 5.41) is 13.0. The molecule has 0 unspecified atom stereocenters. The lowest BCUT2D eigenvalue weighted by molar-refractivity contribution is 0.0949. The number of hydrogen-bond donors (Lipinski definition) is 1. The highest BCUT2D eigenvalue weighted by atomic mass is 35.5. The molecular formula is C8H7ClN4OS2. The van der Waals surface area contributed by atoms with Crippen LogP contribution in [-0.2, 0) is 6.54 Å². The van der Waals surface area contributed by atoms with E-state index in [2.05, 4.69) is 20.5 Å². The number of thiazole rings is 1. The standard InChI is InChI=1S/C8H7ClN4OS2/c1-4-3-15-5(11-4)2-10-6(14)7-12-13-8(9)16-7/h3H,2H2,1H3,(H,10,14). The van der Waals surface area contributed by atoms with Gasteiger partial charge in [0.1, 0.15) is 5.01 Å². The highest BCUT2D eigenvalue weighted by molar-refractivity contribution is 7.17. The van der Waals surface area contributed by atoms with Crippen LogP contribution >= 0.6 is 34.3 Å². The zero-order valence-electron chi connectivity index (χ0n) is 8.23. The normalized spacial score (nSPS) is 10.4. The second-order valence-corrected chi connectivity index (χ2v) is 5.43. The highest BCUT2D eigenvalue weighted by Crippen LogP contribution is 2.15. The second-order valence-electron chi connectivity index (χ2n) is 2.93. The first-order valence-corrected chi connectivity index (χ1v) is 6.41. The van der Waals surface area contributed by atoms with Gasteiger partial charge in [0.05, 0.1) is 6.54 Å². The summed E-state index contributed by atoms with van der Waals surface area (Å²) in [6.07, 6.45) is 0. The number of carbonyl (C=O) groups is 1. The third-order valence-electron chi connectivity index (χ3n) is 1.66. The lowest BCUT2D eigenvalue weighted by Crippen LogP contribution is -2.22. The minimum absolute atomic E-state index is 0.259. The Morgan fingerprint density at radius 1 is 1.56 bits per heavy atom. The molecule has 84 valence electrons. The number of aryl methyl sites for hydroxylation is 1. The summed E-state index contributed by atoms with van der Waals surface area (Å²) in [5.41, 5.74) is 0.952. The molecule has 0 aliphatic heterocycles. The molecule has 0 atom stereocenters. The summed E-state index contributed by atoms with van der Waals surface area (Å²) in [4.78, 5) is 15.8. The predicted molar refractivity (Wildman–Crippen MR) is 62.9 cm³/mol. The minimum Gasteiger partial charge on any atom is -0.343 e. The fourth-order valence-corrected chi connectivity index (χ4v) is 2.47. The van der Waals surface area contributed by atoms with Crippen molar-refractivity contribution in [1.82, 2.24) is 20.5 Å². The monoisotopic (exact) mass is 274 g/mol. The van der Waals surface area contributed by atoms with Crippen LogP contribution in [0.3, 0.4) is 0 Å². The first-order valence-electron chi connectivity index (χ1n) is 4.33. The van der Waals surface area contributed by atoms with Gasteiger partial charge in [-0.1, -0.05) is 11.3 Å². The molecule has 0 aromatic carbocycles. The summed E-state index contributed by atoms with van der Waals surface area (Å²) < 4.78 is 0.259. The highest BCUT2D eigenvalue weighted by Gasteiger charge is 2.11. The van der Waals surface area contributed by atoms with E-state index in [1.807, 2.05) is 12.3 Å². The van der Waals surface area contributed by atoms with Gasteiger partial charge >= 0.3 is 0 Å². The summed E-state index contributed by atoms with van der Waals surface area (Å²) in [7, 11) is 0. The predicted octanol–water partition coefficient (Wildman–Crippen LogP) is 1.89. The molecule has 0 saturated carbocycles. The molecule has 2 aromatic rings. The van der Waals surface area contributed by atoms with Gasteiger partial charge in [0.15, 0.2) is 0 Å². The third kappa shape index (κ3) is 2.75. The van der Waals surface area contributed by atoms with Crippen molar-refractivity contribution < 1.29 is 4.79 Å². The van der Waals surface area contributed by atoms with Gasteiger partial charge in [0.25, 0.3) is 5.91 Å². The Morgan fingerprint density at radius 3 is 2.94 bits per heavy atom. The Kier molecular flexibility index (Phi) is 3.47. The van der Waals surface area contributed by atoms with E-state index in [1.165, 1.54) is 11.3 Å². The number of halogens is 1. The molecule has 1 N–H and O–H groups in total. The van der Waals surface area contributed by atoms with Crippen LogP contribution < -0.4 is 5.32 Å². The number of hydrogen-bond acceptors (Lipinski definition) is 6. The van der Waals surface area contributed by atoms with E-state index in [4.69, 9.17) is 11.6 Å². The van der Waals surface area contributed by atoms with Crippen LogP contribution in [0.15, 0.2) is 5.38 Å². The van der Waals surface area contributed by atoms with E-state index in [0.717, 1.165) is 22.0 Å². The molecule has 0 radical (unpaired) electrons. The molecule has 8 heteroatoms. The van der Waals surface area contributed by atoms with Gasteiger partial charge < -0.3 is 5.32 Å². The van der Waals surface area contributed by atoms with Gasteiger partial charge in [-0.15, -0.1) is 21.5 Å². The van der Waals surface area contributed by atoms with E-state index in [-0.39, 0.29) is 15.4 Å². The van der Waals surface area contributed by atoms with Gasteiger partial charge in [-0.3, -0.25) is 4.79 Å². The van der Waals surface area contributed by atoms with Gasteiger partial charge in [0, 0.05) is 11.1 Å². The van der Waals surface area contributed by atoms with Crippen molar-refractivity contribution in [2.45, 2.75) is 13.5 Å². The van der Waals surface area contributed by atoms with E-state index < -0.39 is 0 Å². The smallest absolute Gasteiger partial charge is 0.282 e. The summed E-state index contributed by atoms with van der Waals surface area (Å²) in [6, 6.07) is 0. The molecule has 2 rings (SSSR count). The summed E-state index contributed by atoms with van der Waals surface area (Å²) in [5.74, 6) is -0.280. The van der Waals surface area contributed by atoms with Crippen LogP contribution in [0.4, 0.5) is 0 Å². The number of aromatic nitrogens is 3. The van der Waals surface area contributed by atoms with Crippen molar-refractivity contribution in [2.75, 3.05) is 0 Å². The number of nitrogens with zero attached hydrogens (tertiary/aromatic N) is 3. The van der Waals surface area contributed by atoms with Crippen LogP contribution in [0.2, 0.25) is 4.47 Å². The number of carbonyl (C=O) groups excluding carboxylic acids is 1. The molecule has 0 aliphatic rings. The third-order valence-corrected chi connectivity index (χ3v) is 3.65. The molecule has 2 aromatic heterocycles. The summed E-state index contributed by atoms with van der Waals surface area (Å²) in [6.45, 7) is 2.31. The molecule has 0 fully saturated rings. The van der Waals surface area contributed by atoms with Crippen LogP contribution in [0.25, 0.3) is 0 Å². The molecule has 0 saturated heterocycles. The van der Waals surface area contributed by atoms with Gasteiger partial charge in [-0.05, 0) is 18.5 Å². The van der Waals surface area contributed by atoms with Gasteiger partial charge in [0.2, 0.25) is 9.47 Å². The molecule has 0 bridgehead atoms. The fraction of sp³-hybridized carbons (Fsp3) is 0.250. The molecule has 2 heterocycles. The van der Waals surface area contributed by atoms with Crippen LogP contribution in [-0.4, -0.2) is 21.1 Å². The van der Waals surface area contributed by atoms with E-state index in [0.29, 0.717) is 6.54 Å². The Hall–Kier alpha value is -1.05. The zero-order valence-corrected chi connectivity index (χ0v) is 10.6.